The monoisotopic (exact) mass is 232 g/mol. The molecule has 0 rings (SSSR count). The maximum absolute atomic E-state index is 11.3. The number of rotatable bonds is 8. The summed E-state index contributed by atoms with van der Waals surface area (Å²) in [4.78, 5) is 22.3. The highest BCUT2D eigenvalue weighted by molar-refractivity contribution is 5.81. The summed E-state index contributed by atoms with van der Waals surface area (Å²) in [5.41, 5.74) is 5.57. The molecule has 0 aromatic carbocycles. The maximum Gasteiger partial charge on any atom is 0.307 e. The van der Waals surface area contributed by atoms with E-state index in [-0.39, 0.29) is 24.8 Å². The van der Waals surface area contributed by atoms with Gasteiger partial charge in [-0.2, -0.15) is 0 Å². The second-order valence-corrected chi connectivity index (χ2v) is 3.23. The van der Waals surface area contributed by atoms with E-state index in [4.69, 9.17) is 15.2 Å². The summed E-state index contributed by atoms with van der Waals surface area (Å²) >= 11 is 0. The highest BCUT2D eigenvalue weighted by Gasteiger charge is 2.12. The van der Waals surface area contributed by atoms with Gasteiger partial charge < -0.3 is 20.5 Å². The first kappa shape index (κ1) is 14.9. The Labute approximate surface area is 95.5 Å². The van der Waals surface area contributed by atoms with Crippen LogP contribution in [0, 0.1) is 0 Å². The third-order valence-electron chi connectivity index (χ3n) is 1.90. The summed E-state index contributed by atoms with van der Waals surface area (Å²) in [7, 11) is 1.55. The first-order valence-electron chi connectivity index (χ1n) is 5.29. The van der Waals surface area contributed by atoms with Crippen LogP contribution in [0.25, 0.3) is 0 Å². The molecule has 0 spiro atoms. The number of ether oxygens (including phenoxy) is 2. The standard InChI is InChI=1S/C10H20N2O4/c1-3-16-9(13)4-6-12-10(14)8(11)5-7-15-2/h8H,3-7,11H2,1-2H3,(H,12,14). The van der Waals surface area contributed by atoms with Crippen LogP contribution in [0.4, 0.5) is 0 Å². The molecule has 0 aliphatic carbocycles. The van der Waals surface area contributed by atoms with Crippen LogP contribution in [0.2, 0.25) is 0 Å². The van der Waals surface area contributed by atoms with Crippen LogP contribution in [0.3, 0.4) is 0 Å². The Morgan fingerprint density at radius 3 is 2.69 bits per heavy atom. The zero-order valence-electron chi connectivity index (χ0n) is 9.82. The highest BCUT2D eigenvalue weighted by Crippen LogP contribution is 1.90. The number of esters is 1. The van der Waals surface area contributed by atoms with Gasteiger partial charge in [-0.1, -0.05) is 0 Å². The average Bonchev–Trinajstić information content (AvgIpc) is 2.26. The van der Waals surface area contributed by atoms with Crippen molar-refractivity contribution in [2.75, 3.05) is 26.9 Å². The second-order valence-electron chi connectivity index (χ2n) is 3.23. The first-order valence-corrected chi connectivity index (χ1v) is 5.29. The predicted molar refractivity (Wildman–Crippen MR) is 58.7 cm³/mol. The Kier molecular flexibility index (Phi) is 8.46. The minimum absolute atomic E-state index is 0.163. The van der Waals surface area contributed by atoms with Gasteiger partial charge in [0.05, 0.1) is 19.1 Å². The molecule has 1 amide bonds. The average molecular weight is 232 g/mol. The molecule has 0 aliphatic heterocycles. The lowest BCUT2D eigenvalue weighted by Crippen LogP contribution is -2.42. The van der Waals surface area contributed by atoms with E-state index in [1.54, 1.807) is 14.0 Å². The Hall–Kier alpha value is -1.14. The number of carbonyl (C=O) groups excluding carboxylic acids is 2. The smallest absolute Gasteiger partial charge is 0.307 e. The van der Waals surface area contributed by atoms with Gasteiger partial charge in [0.25, 0.3) is 0 Å². The van der Waals surface area contributed by atoms with Crippen molar-refractivity contribution >= 4 is 11.9 Å². The maximum atomic E-state index is 11.3. The van der Waals surface area contributed by atoms with Crippen LogP contribution < -0.4 is 11.1 Å². The lowest BCUT2D eigenvalue weighted by atomic mass is 10.2. The van der Waals surface area contributed by atoms with Crippen molar-refractivity contribution in [1.82, 2.24) is 5.32 Å². The zero-order chi connectivity index (χ0) is 12.4. The van der Waals surface area contributed by atoms with Gasteiger partial charge in [-0.3, -0.25) is 9.59 Å². The number of hydrogen-bond acceptors (Lipinski definition) is 5. The molecule has 0 aromatic heterocycles. The van der Waals surface area contributed by atoms with Gasteiger partial charge in [0.2, 0.25) is 5.91 Å². The number of nitrogens with one attached hydrogen (secondary N) is 1. The number of methoxy groups -OCH3 is 1. The molecule has 0 saturated carbocycles. The Bertz CT molecular complexity index is 221. The molecule has 0 saturated heterocycles. The highest BCUT2D eigenvalue weighted by atomic mass is 16.5. The molecule has 0 radical (unpaired) electrons. The van der Waals surface area contributed by atoms with E-state index in [0.717, 1.165) is 0 Å². The van der Waals surface area contributed by atoms with Crippen LogP contribution in [-0.2, 0) is 19.1 Å². The molecule has 16 heavy (non-hydrogen) atoms. The fraction of sp³-hybridized carbons (Fsp3) is 0.800. The van der Waals surface area contributed by atoms with Crippen LogP contribution >= 0.6 is 0 Å². The summed E-state index contributed by atoms with van der Waals surface area (Å²) in [6.45, 7) is 2.77. The fourth-order valence-corrected chi connectivity index (χ4v) is 1.03. The van der Waals surface area contributed by atoms with Crippen LogP contribution in [0.15, 0.2) is 0 Å². The summed E-state index contributed by atoms with van der Waals surface area (Å²) in [6, 6.07) is -0.595. The van der Waals surface area contributed by atoms with Crippen molar-refractivity contribution in [2.45, 2.75) is 25.8 Å². The van der Waals surface area contributed by atoms with Crippen molar-refractivity contribution in [3.05, 3.63) is 0 Å². The second kappa shape index (κ2) is 9.11. The van der Waals surface area contributed by atoms with Gasteiger partial charge in [-0.15, -0.1) is 0 Å². The largest absolute Gasteiger partial charge is 0.466 e. The van der Waals surface area contributed by atoms with Gasteiger partial charge in [0.15, 0.2) is 0 Å². The molecular formula is C10H20N2O4. The zero-order valence-corrected chi connectivity index (χ0v) is 9.82. The van der Waals surface area contributed by atoms with Crippen LogP contribution in [0.1, 0.15) is 19.8 Å². The summed E-state index contributed by atoms with van der Waals surface area (Å²) in [5.74, 6) is -0.602. The lowest BCUT2D eigenvalue weighted by Gasteiger charge is -2.11. The van der Waals surface area contributed by atoms with Crippen molar-refractivity contribution < 1.29 is 19.1 Å². The van der Waals surface area contributed by atoms with Gasteiger partial charge in [-0.05, 0) is 13.3 Å². The van der Waals surface area contributed by atoms with E-state index < -0.39 is 6.04 Å². The third-order valence-corrected chi connectivity index (χ3v) is 1.90. The molecule has 0 bridgehead atoms. The molecule has 0 heterocycles. The molecule has 1 unspecified atom stereocenters. The Morgan fingerprint density at radius 1 is 1.44 bits per heavy atom. The molecule has 6 heteroatoms. The van der Waals surface area contributed by atoms with Gasteiger partial charge >= 0.3 is 5.97 Å². The molecular weight excluding hydrogens is 212 g/mol. The minimum atomic E-state index is -0.595. The van der Waals surface area contributed by atoms with Gasteiger partial charge in [0, 0.05) is 20.3 Å². The lowest BCUT2D eigenvalue weighted by molar-refractivity contribution is -0.143. The van der Waals surface area contributed by atoms with Crippen molar-refractivity contribution in [1.29, 1.82) is 0 Å². The van der Waals surface area contributed by atoms with E-state index in [0.29, 0.717) is 19.6 Å². The Morgan fingerprint density at radius 2 is 2.12 bits per heavy atom. The summed E-state index contributed by atoms with van der Waals surface area (Å²) in [5, 5.41) is 2.56. The third kappa shape index (κ3) is 7.19. The summed E-state index contributed by atoms with van der Waals surface area (Å²) < 4.78 is 9.51. The van der Waals surface area contributed by atoms with Crippen LogP contribution in [-0.4, -0.2) is 44.8 Å². The number of hydrogen-bond donors (Lipinski definition) is 2. The van der Waals surface area contributed by atoms with E-state index in [9.17, 15) is 9.59 Å². The van der Waals surface area contributed by atoms with E-state index in [1.165, 1.54) is 0 Å². The molecule has 6 nitrogen and oxygen atoms in total. The molecule has 3 N–H and O–H groups in total. The SMILES string of the molecule is CCOC(=O)CCNC(=O)C(N)CCOC. The predicted octanol–water partition coefficient (Wildman–Crippen LogP) is -0.580. The first-order chi connectivity index (χ1) is 7.61. The number of amides is 1. The quantitative estimate of drug-likeness (QED) is 0.546. The fourth-order valence-electron chi connectivity index (χ4n) is 1.03. The van der Waals surface area contributed by atoms with E-state index in [1.807, 2.05) is 0 Å². The van der Waals surface area contributed by atoms with E-state index in [2.05, 4.69) is 5.32 Å². The van der Waals surface area contributed by atoms with Crippen LogP contribution in [0.5, 0.6) is 0 Å². The molecule has 0 aromatic rings. The van der Waals surface area contributed by atoms with Gasteiger partial charge in [0.1, 0.15) is 0 Å². The number of carbonyl (C=O) groups is 2. The summed E-state index contributed by atoms with van der Waals surface area (Å²) in [6.07, 6.45) is 0.623. The molecule has 0 fully saturated rings. The molecule has 94 valence electrons. The Balaban J connectivity index is 3.60. The topological polar surface area (TPSA) is 90.7 Å². The molecule has 1 atom stereocenters. The van der Waals surface area contributed by atoms with Crippen molar-refractivity contribution in [3.63, 3.8) is 0 Å². The normalized spacial score (nSPS) is 11.9. The van der Waals surface area contributed by atoms with E-state index >= 15 is 0 Å². The number of nitrogens with two attached hydrogens (primary N) is 1. The molecule has 0 aliphatic rings. The van der Waals surface area contributed by atoms with Gasteiger partial charge in [-0.25, -0.2) is 0 Å². The van der Waals surface area contributed by atoms with Crippen molar-refractivity contribution in [2.24, 2.45) is 5.73 Å². The minimum Gasteiger partial charge on any atom is -0.466 e. The van der Waals surface area contributed by atoms with Crippen molar-refractivity contribution in [3.8, 4) is 0 Å².